The van der Waals surface area contributed by atoms with Crippen molar-refractivity contribution in [3.05, 3.63) is 28.6 Å². The zero-order chi connectivity index (χ0) is 7.84. The Kier molecular flexibility index (Phi) is 1.06. The normalized spacial score (nSPS) is 10.6. The van der Waals surface area contributed by atoms with Crippen LogP contribution >= 0.6 is 0 Å². The Morgan fingerprint density at radius 2 is 2.45 bits per heavy atom. The van der Waals surface area contributed by atoms with Gasteiger partial charge in [0, 0.05) is 11.8 Å². The second-order valence-electron chi connectivity index (χ2n) is 2.27. The zero-order valence-electron chi connectivity index (χ0n) is 5.90. The average molecular weight is 150 g/mol. The van der Waals surface area contributed by atoms with Crippen molar-refractivity contribution < 1.29 is 0 Å². The van der Waals surface area contributed by atoms with E-state index in [0.29, 0.717) is 5.65 Å². The fraction of sp³-hybridized carbons (Fsp3) is 0.167. The molecule has 2 rings (SSSR count). The number of hydrogen-bond donors (Lipinski definition) is 1. The smallest absolute Gasteiger partial charge is 0.312 e. The van der Waals surface area contributed by atoms with Gasteiger partial charge < -0.3 is 4.98 Å². The van der Waals surface area contributed by atoms with Crippen LogP contribution in [0.3, 0.4) is 0 Å². The molecular formula is C6H6N4O. The van der Waals surface area contributed by atoms with E-state index in [9.17, 15) is 4.79 Å². The minimum absolute atomic E-state index is 0.261. The van der Waals surface area contributed by atoms with E-state index in [-0.39, 0.29) is 5.69 Å². The SMILES string of the molecule is Cc1c[nH]c(=O)n2ncnc12. The van der Waals surface area contributed by atoms with Gasteiger partial charge in [-0.2, -0.15) is 9.61 Å². The Hall–Kier alpha value is -1.65. The van der Waals surface area contributed by atoms with E-state index in [1.807, 2.05) is 6.92 Å². The summed E-state index contributed by atoms with van der Waals surface area (Å²) >= 11 is 0. The lowest BCUT2D eigenvalue weighted by Gasteiger charge is -1.92. The number of H-pyrrole nitrogens is 1. The average Bonchev–Trinajstić information content (AvgIpc) is 2.45. The number of aryl methyl sites for hydroxylation is 1. The van der Waals surface area contributed by atoms with Crippen LogP contribution in [0.2, 0.25) is 0 Å². The lowest BCUT2D eigenvalue weighted by atomic mass is 10.4. The van der Waals surface area contributed by atoms with Gasteiger partial charge in [0.05, 0.1) is 0 Å². The molecule has 0 aromatic carbocycles. The molecule has 0 fully saturated rings. The molecule has 56 valence electrons. The maximum atomic E-state index is 11.0. The molecule has 0 radical (unpaired) electrons. The van der Waals surface area contributed by atoms with Crippen LogP contribution in [-0.4, -0.2) is 19.6 Å². The molecule has 0 bridgehead atoms. The van der Waals surface area contributed by atoms with Crippen molar-refractivity contribution in [2.45, 2.75) is 6.92 Å². The molecule has 2 aromatic rings. The van der Waals surface area contributed by atoms with E-state index >= 15 is 0 Å². The van der Waals surface area contributed by atoms with Gasteiger partial charge in [0.1, 0.15) is 6.33 Å². The molecule has 0 aliphatic carbocycles. The quantitative estimate of drug-likeness (QED) is 0.562. The van der Waals surface area contributed by atoms with Crippen molar-refractivity contribution in [3.8, 4) is 0 Å². The summed E-state index contributed by atoms with van der Waals surface area (Å²) in [5.74, 6) is 0. The summed E-state index contributed by atoms with van der Waals surface area (Å²) in [6, 6.07) is 0. The van der Waals surface area contributed by atoms with Gasteiger partial charge in [-0.05, 0) is 6.92 Å². The molecule has 1 N–H and O–H groups in total. The van der Waals surface area contributed by atoms with E-state index in [2.05, 4.69) is 15.1 Å². The van der Waals surface area contributed by atoms with Crippen molar-refractivity contribution in [1.29, 1.82) is 0 Å². The molecule has 2 aromatic heterocycles. The van der Waals surface area contributed by atoms with Gasteiger partial charge in [-0.25, -0.2) is 9.78 Å². The summed E-state index contributed by atoms with van der Waals surface area (Å²) in [7, 11) is 0. The third-order valence-corrected chi connectivity index (χ3v) is 1.50. The molecule has 0 aliphatic heterocycles. The van der Waals surface area contributed by atoms with Crippen LogP contribution in [0.25, 0.3) is 5.65 Å². The van der Waals surface area contributed by atoms with Gasteiger partial charge in [-0.1, -0.05) is 0 Å². The molecule has 0 amide bonds. The number of nitrogens with one attached hydrogen (secondary N) is 1. The number of rotatable bonds is 0. The second-order valence-corrected chi connectivity index (χ2v) is 2.27. The summed E-state index contributed by atoms with van der Waals surface area (Å²) in [4.78, 5) is 17.4. The minimum Gasteiger partial charge on any atom is -0.312 e. The van der Waals surface area contributed by atoms with Gasteiger partial charge in [0.2, 0.25) is 0 Å². The molecule has 0 aliphatic rings. The maximum Gasteiger partial charge on any atom is 0.348 e. The number of aromatic nitrogens is 4. The van der Waals surface area contributed by atoms with Crippen molar-refractivity contribution in [2.75, 3.05) is 0 Å². The first-order valence-electron chi connectivity index (χ1n) is 3.17. The molecule has 0 saturated heterocycles. The number of fused-ring (bicyclic) bond motifs is 1. The third-order valence-electron chi connectivity index (χ3n) is 1.50. The van der Waals surface area contributed by atoms with Crippen LogP contribution in [0.4, 0.5) is 0 Å². The number of aromatic amines is 1. The van der Waals surface area contributed by atoms with Gasteiger partial charge in [-0.15, -0.1) is 0 Å². The number of nitrogens with zero attached hydrogens (tertiary/aromatic N) is 3. The maximum absolute atomic E-state index is 11.0. The fourth-order valence-corrected chi connectivity index (χ4v) is 0.955. The lowest BCUT2D eigenvalue weighted by Crippen LogP contribution is -2.17. The van der Waals surface area contributed by atoms with E-state index in [0.717, 1.165) is 5.56 Å². The van der Waals surface area contributed by atoms with Crippen molar-refractivity contribution in [1.82, 2.24) is 19.6 Å². The van der Waals surface area contributed by atoms with Crippen molar-refractivity contribution >= 4 is 5.65 Å². The number of hydrogen-bond acceptors (Lipinski definition) is 3. The highest BCUT2D eigenvalue weighted by atomic mass is 16.1. The molecule has 0 unspecified atom stereocenters. The summed E-state index contributed by atoms with van der Waals surface area (Å²) in [6.07, 6.45) is 2.98. The van der Waals surface area contributed by atoms with Gasteiger partial charge >= 0.3 is 5.69 Å². The Balaban J connectivity index is 3.08. The molecule has 5 heteroatoms. The topological polar surface area (TPSA) is 63.0 Å². The second kappa shape index (κ2) is 1.91. The summed E-state index contributed by atoms with van der Waals surface area (Å²) in [5.41, 5.74) is 1.25. The van der Waals surface area contributed by atoms with Crippen LogP contribution in [0, 0.1) is 6.92 Å². The van der Waals surface area contributed by atoms with E-state index in [1.165, 1.54) is 10.8 Å². The van der Waals surface area contributed by atoms with Crippen LogP contribution in [0.15, 0.2) is 17.3 Å². The molecule has 0 saturated carbocycles. The first-order valence-corrected chi connectivity index (χ1v) is 3.17. The summed E-state index contributed by atoms with van der Waals surface area (Å²) < 4.78 is 1.23. The third kappa shape index (κ3) is 0.739. The van der Waals surface area contributed by atoms with Gasteiger partial charge in [0.15, 0.2) is 5.65 Å². The minimum atomic E-state index is -0.261. The molecule has 5 nitrogen and oxygen atoms in total. The molecule has 11 heavy (non-hydrogen) atoms. The van der Waals surface area contributed by atoms with Crippen molar-refractivity contribution in [2.24, 2.45) is 0 Å². The highest BCUT2D eigenvalue weighted by Gasteiger charge is 2.00. The highest BCUT2D eigenvalue weighted by molar-refractivity contribution is 5.42. The van der Waals surface area contributed by atoms with E-state index in [1.54, 1.807) is 6.20 Å². The molecule has 2 heterocycles. The predicted octanol–water partition coefficient (Wildman–Crippen LogP) is -0.274. The molecule has 0 atom stereocenters. The van der Waals surface area contributed by atoms with Crippen molar-refractivity contribution in [3.63, 3.8) is 0 Å². The first kappa shape index (κ1) is 6.09. The van der Waals surface area contributed by atoms with Crippen LogP contribution in [-0.2, 0) is 0 Å². The van der Waals surface area contributed by atoms with Gasteiger partial charge in [-0.3, -0.25) is 0 Å². The van der Waals surface area contributed by atoms with Crippen LogP contribution < -0.4 is 5.69 Å². The fourth-order valence-electron chi connectivity index (χ4n) is 0.955. The predicted molar refractivity (Wildman–Crippen MR) is 38.3 cm³/mol. The Labute approximate surface area is 61.7 Å². The lowest BCUT2D eigenvalue weighted by molar-refractivity contribution is 0.861. The Bertz CT molecular complexity index is 441. The standard InChI is InChI=1S/C6H6N4O/c1-4-2-7-6(11)10-5(4)8-3-9-10/h2-3H,1H3,(H,7,11). The monoisotopic (exact) mass is 150 g/mol. The first-order chi connectivity index (χ1) is 5.29. The van der Waals surface area contributed by atoms with Gasteiger partial charge in [0.25, 0.3) is 0 Å². The summed E-state index contributed by atoms with van der Waals surface area (Å²) in [5, 5.41) is 3.74. The largest absolute Gasteiger partial charge is 0.348 e. The highest BCUT2D eigenvalue weighted by Crippen LogP contribution is 1.98. The Morgan fingerprint density at radius 1 is 1.64 bits per heavy atom. The molecular weight excluding hydrogens is 144 g/mol. The van der Waals surface area contributed by atoms with E-state index in [4.69, 9.17) is 0 Å². The zero-order valence-corrected chi connectivity index (χ0v) is 5.90. The Morgan fingerprint density at radius 3 is 3.18 bits per heavy atom. The molecule has 0 spiro atoms. The van der Waals surface area contributed by atoms with E-state index < -0.39 is 0 Å². The summed E-state index contributed by atoms with van der Waals surface area (Å²) in [6.45, 7) is 1.86. The van der Waals surface area contributed by atoms with Crippen LogP contribution in [0.5, 0.6) is 0 Å². The van der Waals surface area contributed by atoms with Crippen LogP contribution in [0.1, 0.15) is 5.56 Å².